The lowest BCUT2D eigenvalue weighted by Crippen LogP contribution is -2.17. The quantitative estimate of drug-likeness (QED) is 0.547. The van der Waals surface area contributed by atoms with E-state index in [4.69, 9.17) is 0 Å². The first kappa shape index (κ1) is 13.8. The summed E-state index contributed by atoms with van der Waals surface area (Å²) < 4.78 is 76.7. The van der Waals surface area contributed by atoms with Gasteiger partial charge in [-0.1, -0.05) is 0 Å². The smallest absolute Gasteiger partial charge is 0.284 e. The molecule has 0 N–H and O–H groups in total. The fourth-order valence-electron chi connectivity index (χ4n) is 0.540. The van der Waals surface area contributed by atoms with Crippen LogP contribution in [0.25, 0.3) is 0 Å². The Bertz CT molecular complexity index is 218. The third kappa shape index (κ3) is 7.23. The van der Waals surface area contributed by atoms with E-state index in [0.29, 0.717) is 0 Å². The van der Waals surface area contributed by atoms with Gasteiger partial charge in [-0.15, -0.1) is 4.20 Å². The van der Waals surface area contributed by atoms with E-state index in [0.717, 1.165) is 0 Å². The van der Waals surface area contributed by atoms with Crippen molar-refractivity contribution in [3.63, 3.8) is 0 Å². The molecule has 0 fully saturated rings. The maximum absolute atomic E-state index is 12.4. The van der Waals surface area contributed by atoms with Gasteiger partial charge in [-0.05, 0) is 6.92 Å². The van der Waals surface area contributed by atoms with Gasteiger partial charge in [0.05, 0.1) is 6.61 Å². The molecule has 0 aromatic rings. The molecule has 9 heteroatoms. The third-order valence-electron chi connectivity index (χ3n) is 0.916. The third-order valence-corrected chi connectivity index (χ3v) is 1.96. The molecule has 0 spiro atoms. The topological polar surface area (TPSA) is 35.5 Å². The molecule has 0 saturated heterocycles. The molecule has 2 atom stereocenters. The highest BCUT2D eigenvalue weighted by Gasteiger charge is 2.37. The number of halogens is 5. The van der Waals surface area contributed by atoms with Crippen LogP contribution in [-0.2, 0) is 13.6 Å². The number of hydrogen-bond acceptors (Lipinski definition) is 3. The van der Waals surface area contributed by atoms with Gasteiger partial charge in [-0.25, -0.2) is 13.5 Å². The van der Waals surface area contributed by atoms with Crippen molar-refractivity contribution in [1.29, 1.82) is 0 Å². The van der Waals surface area contributed by atoms with Gasteiger partial charge in [0.2, 0.25) is 6.36 Å². The molecule has 0 amide bonds. The van der Waals surface area contributed by atoms with E-state index in [2.05, 4.69) is 9.05 Å². The van der Waals surface area contributed by atoms with Gasteiger partial charge < -0.3 is 0 Å². The van der Waals surface area contributed by atoms with Gasteiger partial charge in [0.15, 0.2) is 0 Å². The Labute approximate surface area is 76.8 Å². The minimum absolute atomic E-state index is 0.396. The number of alkyl halides is 4. The van der Waals surface area contributed by atoms with E-state index in [1.807, 2.05) is 0 Å². The Balaban J connectivity index is 4.06. The lowest BCUT2D eigenvalue weighted by Gasteiger charge is -2.13. The Morgan fingerprint density at radius 1 is 1.43 bits per heavy atom. The summed E-state index contributed by atoms with van der Waals surface area (Å²) in [5, 5.41) is 0. The lowest BCUT2D eigenvalue weighted by atomic mass is 10.4. The largest absolute Gasteiger partial charge is 0.515 e. The molecule has 0 rings (SSSR count). The normalized spacial score (nSPS) is 19.0. The van der Waals surface area contributed by atoms with Gasteiger partial charge >= 0.3 is 14.1 Å². The summed E-state index contributed by atoms with van der Waals surface area (Å²) in [6, 6.07) is 0. The average molecular weight is 242 g/mol. The number of hydrogen-bond donors (Lipinski definition) is 0. The first-order valence-electron chi connectivity index (χ1n) is 3.50. The van der Waals surface area contributed by atoms with Gasteiger partial charge in [-0.2, -0.15) is 13.2 Å². The van der Waals surface area contributed by atoms with E-state index in [-0.39, 0.29) is 0 Å². The molecule has 0 aliphatic rings. The summed E-state index contributed by atoms with van der Waals surface area (Å²) in [6.07, 6.45) is -9.92. The van der Waals surface area contributed by atoms with Crippen LogP contribution in [0.5, 0.6) is 0 Å². The zero-order valence-corrected chi connectivity index (χ0v) is 7.95. The second-order valence-electron chi connectivity index (χ2n) is 2.18. The molecule has 0 saturated carbocycles. The van der Waals surface area contributed by atoms with Crippen LogP contribution < -0.4 is 0 Å². The lowest BCUT2D eigenvalue weighted by molar-refractivity contribution is -0.168. The second kappa shape index (κ2) is 5.04. The highest BCUT2D eigenvalue weighted by atomic mass is 31.2. The minimum Gasteiger partial charge on any atom is -0.284 e. The van der Waals surface area contributed by atoms with Gasteiger partial charge in [-0.3, -0.25) is 4.52 Å². The predicted molar refractivity (Wildman–Crippen MR) is 37.0 cm³/mol. The fourth-order valence-corrected chi connectivity index (χ4v) is 1.26. The molecule has 0 aliphatic carbocycles. The van der Waals surface area contributed by atoms with Gasteiger partial charge in [0, 0.05) is 0 Å². The summed E-state index contributed by atoms with van der Waals surface area (Å²) in [5.41, 5.74) is 0. The van der Waals surface area contributed by atoms with E-state index in [1.54, 1.807) is 0 Å². The van der Waals surface area contributed by atoms with E-state index in [9.17, 15) is 26.3 Å². The average Bonchev–Trinajstić information content (AvgIpc) is 1.78. The summed E-state index contributed by atoms with van der Waals surface area (Å²) in [6.45, 7) is 0.832. The summed E-state index contributed by atoms with van der Waals surface area (Å²) in [4.78, 5) is 0. The molecule has 0 bridgehead atoms. The van der Waals surface area contributed by atoms with Crippen molar-refractivity contribution in [2.24, 2.45) is 0 Å². The van der Waals surface area contributed by atoms with Crippen molar-refractivity contribution < 1.29 is 35.4 Å². The molecular weight excluding hydrogens is 234 g/mol. The predicted octanol–water partition coefficient (Wildman–Crippen LogP) is 3.37. The molecule has 86 valence electrons. The maximum atomic E-state index is 12.4. The molecule has 0 aliphatic heterocycles. The summed E-state index contributed by atoms with van der Waals surface area (Å²) in [7, 11) is -5.21. The van der Waals surface area contributed by atoms with Crippen LogP contribution in [0.3, 0.4) is 0 Å². The molecule has 0 heterocycles. The molecular formula is C5H8F5O3P. The Hall–Kier alpha value is -0.200. The van der Waals surface area contributed by atoms with Crippen LogP contribution in [0.15, 0.2) is 0 Å². The van der Waals surface area contributed by atoms with Crippen molar-refractivity contribution in [2.75, 3.05) is 6.61 Å². The van der Waals surface area contributed by atoms with Crippen molar-refractivity contribution in [3.05, 3.63) is 0 Å². The van der Waals surface area contributed by atoms with Crippen LogP contribution in [0, 0.1) is 0 Å². The minimum atomic E-state index is -5.21. The van der Waals surface area contributed by atoms with Crippen LogP contribution in [-0.4, -0.2) is 19.1 Å². The van der Waals surface area contributed by atoms with Crippen LogP contribution in [0.1, 0.15) is 13.3 Å². The molecule has 14 heavy (non-hydrogen) atoms. The first-order chi connectivity index (χ1) is 6.16. The monoisotopic (exact) mass is 242 g/mol. The standard InChI is InChI=1S/C5H8F5O3P/c1-2-12-14(10,11)13-4(6)3-5(7,8)9/h4H,2-3H2,1H3. The fraction of sp³-hybridized carbons (Fsp3) is 1.00. The Morgan fingerprint density at radius 2 is 1.93 bits per heavy atom. The van der Waals surface area contributed by atoms with E-state index in [1.165, 1.54) is 6.92 Å². The molecule has 3 nitrogen and oxygen atoms in total. The highest BCUT2D eigenvalue weighted by molar-refractivity contribution is 7.48. The van der Waals surface area contributed by atoms with Crippen LogP contribution in [0.2, 0.25) is 0 Å². The summed E-state index contributed by atoms with van der Waals surface area (Å²) in [5.74, 6) is 0. The zero-order valence-electron chi connectivity index (χ0n) is 7.05. The maximum Gasteiger partial charge on any atom is 0.515 e. The van der Waals surface area contributed by atoms with Crippen molar-refractivity contribution in [1.82, 2.24) is 0 Å². The second-order valence-corrected chi connectivity index (χ2v) is 3.51. The highest BCUT2D eigenvalue weighted by Crippen LogP contribution is 2.51. The van der Waals surface area contributed by atoms with Gasteiger partial charge in [0.1, 0.15) is 6.42 Å². The van der Waals surface area contributed by atoms with Gasteiger partial charge in [0.25, 0.3) is 0 Å². The van der Waals surface area contributed by atoms with Crippen molar-refractivity contribution >= 4 is 7.91 Å². The molecule has 0 aromatic heterocycles. The van der Waals surface area contributed by atoms with E-state index < -0.39 is 33.5 Å². The molecule has 2 unspecified atom stereocenters. The zero-order chi connectivity index (χ0) is 11.4. The van der Waals surface area contributed by atoms with Crippen LogP contribution in [0.4, 0.5) is 21.8 Å². The number of rotatable bonds is 5. The van der Waals surface area contributed by atoms with E-state index >= 15 is 0 Å². The first-order valence-corrected chi connectivity index (χ1v) is 4.93. The Morgan fingerprint density at radius 3 is 2.29 bits per heavy atom. The van der Waals surface area contributed by atoms with Crippen LogP contribution >= 0.6 is 7.91 Å². The Kier molecular flexibility index (Phi) is 4.97. The molecule has 0 aromatic carbocycles. The molecule has 0 radical (unpaired) electrons. The van der Waals surface area contributed by atoms with Crippen molar-refractivity contribution in [3.8, 4) is 0 Å². The van der Waals surface area contributed by atoms with Crippen molar-refractivity contribution in [2.45, 2.75) is 25.9 Å². The SMILES string of the molecule is CCOP(=O)(F)OC(F)CC(F)(F)F. The summed E-state index contributed by atoms with van der Waals surface area (Å²) >= 11 is 0.